The minimum atomic E-state index is -0.286. The number of hydrogen-bond donors (Lipinski definition) is 0. The minimum Gasteiger partial charge on any atom is -0.372 e. The predicted octanol–water partition coefficient (Wildman–Crippen LogP) is 4.05. The Balaban J connectivity index is 2.22. The number of anilines is 1. The highest BCUT2D eigenvalue weighted by Crippen LogP contribution is 2.36. The predicted molar refractivity (Wildman–Crippen MR) is 137 cm³/mol. The molecule has 0 spiro atoms. The molecular formula is C24H32N4O3S2. The Hall–Kier alpha value is -2.15. The first kappa shape index (κ1) is 25.5. The van der Waals surface area contributed by atoms with Crippen LogP contribution in [0.4, 0.5) is 5.82 Å². The molecule has 0 aromatic carbocycles. The SMILES string of the molecule is CCCCN1C(=O)/C(=C\c2c(C)c(C#N)c(=O)n(CCC)c2N2CC(C)OC(C)C2)SC1=S. The number of carbonyl (C=O) groups excluding carboxylic acids is 1. The van der Waals surface area contributed by atoms with Gasteiger partial charge in [-0.3, -0.25) is 19.1 Å². The molecule has 2 aliphatic heterocycles. The van der Waals surface area contributed by atoms with Gasteiger partial charge in [-0.2, -0.15) is 5.26 Å². The van der Waals surface area contributed by atoms with Crippen molar-refractivity contribution in [2.75, 3.05) is 24.5 Å². The molecule has 0 N–H and O–H groups in total. The molecule has 178 valence electrons. The van der Waals surface area contributed by atoms with E-state index in [0.717, 1.165) is 30.6 Å². The molecule has 2 atom stereocenters. The molecule has 3 heterocycles. The number of nitrogens with zero attached hydrogens (tertiary/aromatic N) is 4. The van der Waals surface area contributed by atoms with E-state index < -0.39 is 0 Å². The monoisotopic (exact) mass is 488 g/mol. The summed E-state index contributed by atoms with van der Waals surface area (Å²) in [6.45, 7) is 12.2. The average Bonchev–Trinajstić information content (AvgIpc) is 3.02. The third-order valence-corrected chi connectivity index (χ3v) is 7.27. The Labute approximate surface area is 205 Å². The summed E-state index contributed by atoms with van der Waals surface area (Å²) < 4.78 is 8.17. The number of thiocarbonyl (C=S) groups is 1. The number of morpholine rings is 1. The average molecular weight is 489 g/mol. The van der Waals surface area contributed by atoms with Crippen molar-refractivity contribution in [3.63, 3.8) is 0 Å². The first-order valence-electron chi connectivity index (χ1n) is 11.6. The number of ether oxygens (including phenoxy) is 1. The Morgan fingerprint density at radius 2 is 1.85 bits per heavy atom. The zero-order chi connectivity index (χ0) is 24.3. The van der Waals surface area contributed by atoms with Gasteiger partial charge in [0.2, 0.25) is 0 Å². The number of nitriles is 1. The van der Waals surface area contributed by atoms with Crippen molar-refractivity contribution in [2.45, 2.75) is 72.6 Å². The number of thioether (sulfide) groups is 1. The van der Waals surface area contributed by atoms with Crippen molar-refractivity contribution in [3.8, 4) is 6.07 Å². The number of unbranched alkanes of at least 4 members (excludes halogenated alkanes) is 1. The molecule has 0 saturated carbocycles. The van der Waals surface area contributed by atoms with Gasteiger partial charge in [0.1, 0.15) is 21.8 Å². The molecule has 2 saturated heterocycles. The summed E-state index contributed by atoms with van der Waals surface area (Å²) in [6.07, 6.45) is 4.42. The summed E-state index contributed by atoms with van der Waals surface area (Å²) in [7, 11) is 0. The first-order chi connectivity index (χ1) is 15.7. The molecular weight excluding hydrogens is 456 g/mol. The van der Waals surface area contributed by atoms with Gasteiger partial charge in [-0.05, 0) is 45.3 Å². The zero-order valence-corrected chi connectivity index (χ0v) is 21.6. The van der Waals surface area contributed by atoms with Crippen LogP contribution in [0.5, 0.6) is 0 Å². The van der Waals surface area contributed by atoms with Crippen LogP contribution in [0.2, 0.25) is 0 Å². The second-order valence-corrected chi connectivity index (χ2v) is 10.3. The van der Waals surface area contributed by atoms with Gasteiger partial charge in [0.05, 0.1) is 17.1 Å². The lowest BCUT2D eigenvalue weighted by atomic mass is 10.0. The van der Waals surface area contributed by atoms with Crippen LogP contribution < -0.4 is 10.5 Å². The largest absolute Gasteiger partial charge is 0.372 e. The van der Waals surface area contributed by atoms with E-state index in [2.05, 4.69) is 17.9 Å². The van der Waals surface area contributed by atoms with Gasteiger partial charge in [-0.15, -0.1) is 0 Å². The van der Waals surface area contributed by atoms with Crippen LogP contribution in [0.15, 0.2) is 9.70 Å². The summed E-state index contributed by atoms with van der Waals surface area (Å²) in [5.74, 6) is 0.637. The number of carbonyl (C=O) groups is 1. The third-order valence-electron chi connectivity index (χ3n) is 5.90. The van der Waals surface area contributed by atoms with Gasteiger partial charge in [0, 0.05) is 31.7 Å². The van der Waals surface area contributed by atoms with Crippen molar-refractivity contribution in [3.05, 3.63) is 31.9 Å². The lowest BCUT2D eigenvalue weighted by Gasteiger charge is -2.39. The van der Waals surface area contributed by atoms with Crippen molar-refractivity contribution in [1.29, 1.82) is 5.26 Å². The molecule has 1 aromatic rings. The maximum absolute atomic E-state index is 13.3. The number of hydrogen-bond acceptors (Lipinski definition) is 7. The Morgan fingerprint density at radius 3 is 2.42 bits per heavy atom. The topological polar surface area (TPSA) is 78.6 Å². The van der Waals surface area contributed by atoms with Crippen LogP contribution in [0.25, 0.3) is 6.08 Å². The van der Waals surface area contributed by atoms with E-state index in [4.69, 9.17) is 17.0 Å². The number of rotatable bonds is 7. The van der Waals surface area contributed by atoms with Crippen LogP contribution in [0, 0.1) is 18.3 Å². The highest BCUT2D eigenvalue weighted by atomic mass is 32.2. The van der Waals surface area contributed by atoms with Crippen LogP contribution in [-0.2, 0) is 16.1 Å². The van der Waals surface area contributed by atoms with Gasteiger partial charge in [-0.1, -0.05) is 44.2 Å². The van der Waals surface area contributed by atoms with E-state index >= 15 is 0 Å². The summed E-state index contributed by atoms with van der Waals surface area (Å²) in [4.78, 5) is 30.8. The summed E-state index contributed by atoms with van der Waals surface area (Å²) in [6, 6.07) is 2.10. The normalized spacial score (nSPS) is 22.4. The Bertz CT molecular complexity index is 1060. The van der Waals surface area contributed by atoms with Gasteiger partial charge in [0.25, 0.3) is 11.5 Å². The highest BCUT2D eigenvalue weighted by molar-refractivity contribution is 8.26. The summed E-state index contributed by atoms with van der Waals surface area (Å²) in [5, 5.41) is 9.78. The molecule has 1 aromatic heterocycles. The lowest BCUT2D eigenvalue weighted by molar-refractivity contribution is -0.122. The molecule has 0 aliphatic carbocycles. The van der Waals surface area contributed by atoms with Gasteiger partial charge >= 0.3 is 0 Å². The molecule has 33 heavy (non-hydrogen) atoms. The Kier molecular flexibility index (Phi) is 8.38. The molecule has 1 amide bonds. The lowest BCUT2D eigenvalue weighted by Crippen LogP contribution is -2.48. The fraction of sp³-hybridized carbons (Fsp3) is 0.583. The molecule has 0 bridgehead atoms. The second kappa shape index (κ2) is 10.9. The highest BCUT2D eigenvalue weighted by Gasteiger charge is 2.34. The molecule has 9 heteroatoms. The zero-order valence-electron chi connectivity index (χ0n) is 20.0. The van der Waals surface area contributed by atoms with Gasteiger partial charge < -0.3 is 9.64 Å². The van der Waals surface area contributed by atoms with E-state index in [-0.39, 0.29) is 29.2 Å². The van der Waals surface area contributed by atoms with Crippen molar-refractivity contribution in [2.24, 2.45) is 0 Å². The maximum Gasteiger partial charge on any atom is 0.270 e. The van der Waals surface area contributed by atoms with Gasteiger partial charge in [0.15, 0.2) is 0 Å². The van der Waals surface area contributed by atoms with Crippen LogP contribution in [-0.4, -0.2) is 51.5 Å². The third kappa shape index (κ3) is 5.18. The molecule has 3 rings (SSSR count). The molecule has 0 radical (unpaired) electrons. The van der Waals surface area contributed by atoms with Crippen molar-refractivity contribution < 1.29 is 9.53 Å². The second-order valence-electron chi connectivity index (χ2n) is 8.66. The smallest absolute Gasteiger partial charge is 0.270 e. The van der Waals surface area contributed by atoms with Crippen LogP contribution in [0.3, 0.4) is 0 Å². The summed E-state index contributed by atoms with van der Waals surface area (Å²) in [5.41, 5.74) is 1.16. The number of pyridine rings is 1. The fourth-order valence-electron chi connectivity index (χ4n) is 4.41. The number of aromatic nitrogens is 1. The van der Waals surface area contributed by atoms with Crippen LogP contribution >= 0.6 is 24.0 Å². The van der Waals surface area contributed by atoms with Crippen molar-refractivity contribution >= 4 is 46.1 Å². The minimum absolute atomic E-state index is 0.00465. The summed E-state index contributed by atoms with van der Waals surface area (Å²) >= 11 is 6.76. The van der Waals surface area contributed by atoms with E-state index in [0.29, 0.717) is 41.0 Å². The molecule has 2 unspecified atom stereocenters. The van der Waals surface area contributed by atoms with E-state index in [9.17, 15) is 14.9 Å². The maximum atomic E-state index is 13.3. The Morgan fingerprint density at radius 1 is 1.18 bits per heavy atom. The fourth-order valence-corrected chi connectivity index (χ4v) is 5.70. The molecule has 7 nitrogen and oxygen atoms in total. The van der Waals surface area contributed by atoms with Crippen molar-refractivity contribution in [1.82, 2.24) is 9.47 Å². The number of amides is 1. The first-order valence-corrected chi connectivity index (χ1v) is 12.8. The van der Waals surface area contributed by atoms with E-state index in [1.165, 1.54) is 11.8 Å². The molecule has 2 aliphatic rings. The quantitative estimate of drug-likeness (QED) is 0.423. The van der Waals surface area contributed by atoms with Crippen LogP contribution in [0.1, 0.15) is 63.6 Å². The standard InChI is InChI=1S/C24H32N4O3S2/c1-6-8-10-28-23(30)20(33-24(28)32)11-18-17(5)19(12-25)22(29)27(9-7-2)21(18)26-13-15(3)31-16(4)14-26/h11,15-16H,6-10,13-14H2,1-5H3/b20-11+. The van der Waals surface area contributed by atoms with Gasteiger partial charge in [-0.25, -0.2) is 0 Å². The molecule has 2 fully saturated rings. The van der Waals surface area contributed by atoms with E-state index in [1.54, 1.807) is 16.4 Å². The van der Waals surface area contributed by atoms with E-state index in [1.807, 2.05) is 26.8 Å².